The van der Waals surface area contributed by atoms with Gasteiger partial charge in [0.25, 0.3) is 5.91 Å². The highest BCUT2D eigenvalue weighted by atomic mass is 32.1. The lowest BCUT2D eigenvalue weighted by Gasteiger charge is -2.19. The van der Waals surface area contributed by atoms with E-state index in [0.717, 1.165) is 7.05 Å². The molecule has 3 nitrogen and oxygen atoms in total. The van der Waals surface area contributed by atoms with Crippen LogP contribution in [0.1, 0.15) is 15.9 Å². The van der Waals surface area contributed by atoms with Crippen LogP contribution in [-0.4, -0.2) is 35.6 Å². The molecule has 1 amide bonds. The first-order valence-electron chi connectivity index (χ1n) is 4.93. The Bertz CT molecular complexity index is 474. The van der Waals surface area contributed by atoms with Crippen molar-refractivity contribution in [3.05, 3.63) is 35.4 Å². The Morgan fingerprint density at radius 3 is 2.44 bits per heavy atom. The highest BCUT2D eigenvalue weighted by molar-refractivity contribution is 7.80. The zero-order chi connectivity index (χ0) is 13.9. The number of carbonyl (C=O) groups excluding carboxylic acids is 1. The molecule has 1 aromatic carbocycles. The maximum atomic E-state index is 12.2. The number of hydrogen-bond donors (Lipinski definition) is 1. The van der Waals surface area contributed by atoms with Gasteiger partial charge in [0, 0.05) is 18.2 Å². The summed E-state index contributed by atoms with van der Waals surface area (Å²) in [5, 5.41) is 0. The number of alkyl halides is 3. The molecule has 1 rings (SSSR count). The van der Waals surface area contributed by atoms with Crippen LogP contribution in [0.5, 0.6) is 0 Å². The van der Waals surface area contributed by atoms with E-state index in [1.54, 1.807) is 6.07 Å². The fourth-order valence-corrected chi connectivity index (χ4v) is 1.49. The van der Waals surface area contributed by atoms with E-state index in [0.29, 0.717) is 10.5 Å². The summed E-state index contributed by atoms with van der Waals surface area (Å²) < 4.78 is 36.5. The Balaban J connectivity index is 2.90. The third kappa shape index (κ3) is 3.99. The first-order valence-corrected chi connectivity index (χ1v) is 5.33. The maximum absolute atomic E-state index is 12.2. The van der Waals surface area contributed by atoms with Crippen LogP contribution in [0.4, 0.5) is 13.2 Å². The molecule has 0 saturated carbocycles. The number of hydrogen-bond acceptors (Lipinski definition) is 2. The molecule has 1 aromatic rings. The second kappa shape index (κ2) is 5.34. The van der Waals surface area contributed by atoms with Crippen LogP contribution < -0.4 is 5.73 Å². The third-order valence-electron chi connectivity index (χ3n) is 2.16. The standard InChI is InChI=1S/C11H11F3N2OS/c1-16(6-11(12,13)14)10(17)8-4-2-3-7(5-8)9(15)18/h2-5H,6H2,1H3,(H2,15,18). The largest absolute Gasteiger partial charge is 0.406 e. The summed E-state index contributed by atoms with van der Waals surface area (Å²) in [4.78, 5) is 12.4. The first kappa shape index (κ1) is 14.4. The molecule has 0 aliphatic carbocycles. The lowest BCUT2D eigenvalue weighted by Crippen LogP contribution is -2.35. The number of amides is 1. The molecule has 2 N–H and O–H groups in total. The van der Waals surface area contributed by atoms with Crippen LogP contribution in [0.2, 0.25) is 0 Å². The molecular weight excluding hydrogens is 265 g/mol. The molecule has 0 spiro atoms. The molecule has 0 aromatic heterocycles. The number of rotatable bonds is 3. The number of thiocarbonyl (C=S) groups is 1. The van der Waals surface area contributed by atoms with Crippen LogP contribution in [0.3, 0.4) is 0 Å². The van der Waals surface area contributed by atoms with E-state index in [2.05, 4.69) is 0 Å². The zero-order valence-electron chi connectivity index (χ0n) is 9.49. The molecule has 0 heterocycles. The van der Waals surface area contributed by atoms with Gasteiger partial charge in [-0.2, -0.15) is 13.2 Å². The van der Waals surface area contributed by atoms with Crippen molar-refractivity contribution in [3.8, 4) is 0 Å². The number of nitrogens with zero attached hydrogens (tertiary/aromatic N) is 1. The average Bonchev–Trinajstić information content (AvgIpc) is 2.26. The van der Waals surface area contributed by atoms with Gasteiger partial charge in [-0.05, 0) is 12.1 Å². The molecule has 0 saturated heterocycles. The van der Waals surface area contributed by atoms with E-state index in [9.17, 15) is 18.0 Å². The molecule has 0 aliphatic heterocycles. The minimum absolute atomic E-state index is 0.0862. The number of benzene rings is 1. The summed E-state index contributed by atoms with van der Waals surface area (Å²) in [5.41, 5.74) is 5.95. The second-order valence-electron chi connectivity index (χ2n) is 3.72. The smallest absolute Gasteiger partial charge is 0.389 e. The summed E-state index contributed by atoms with van der Waals surface area (Å²) in [6, 6.07) is 5.89. The molecule has 98 valence electrons. The van der Waals surface area contributed by atoms with Gasteiger partial charge in [-0.3, -0.25) is 4.79 Å². The number of nitrogens with two attached hydrogens (primary N) is 1. The van der Waals surface area contributed by atoms with Crippen molar-refractivity contribution in [2.24, 2.45) is 5.73 Å². The summed E-state index contributed by atoms with van der Waals surface area (Å²) >= 11 is 4.73. The van der Waals surface area contributed by atoms with Crippen molar-refractivity contribution in [2.75, 3.05) is 13.6 Å². The fourth-order valence-electron chi connectivity index (χ4n) is 1.37. The minimum Gasteiger partial charge on any atom is -0.389 e. The van der Waals surface area contributed by atoms with Gasteiger partial charge in [0.1, 0.15) is 11.5 Å². The van der Waals surface area contributed by atoms with E-state index >= 15 is 0 Å². The molecule has 0 bridgehead atoms. The van der Waals surface area contributed by atoms with Crippen molar-refractivity contribution in [2.45, 2.75) is 6.18 Å². The van der Waals surface area contributed by atoms with Crippen LogP contribution in [0.25, 0.3) is 0 Å². The SMILES string of the molecule is CN(CC(F)(F)F)C(=O)c1cccc(C(N)=S)c1. The van der Waals surface area contributed by atoms with Crippen molar-refractivity contribution in [1.82, 2.24) is 4.90 Å². The second-order valence-corrected chi connectivity index (χ2v) is 4.16. The predicted octanol–water partition coefficient (Wildman–Crippen LogP) is 1.96. The molecule has 0 unspecified atom stereocenters. The van der Waals surface area contributed by atoms with Crippen molar-refractivity contribution in [3.63, 3.8) is 0 Å². The Labute approximate surface area is 107 Å². The van der Waals surface area contributed by atoms with Gasteiger partial charge >= 0.3 is 6.18 Å². The highest BCUT2D eigenvalue weighted by Crippen LogP contribution is 2.17. The van der Waals surface area contributed by atoms with Gasteiger partial charge in [-0.1, -0.05) is 24.4 Å². The highest BCUT2D eigenvalue weighted by Gasteiger charge is 2.31. The van der Waals surface area contributed by atoms with E-state index in [-0.39, 0.29) is 10.6 Å². The molecule has 0 atom stereocenters. The lowest BCUT2D eigenvalue weighted by molar-refractivity contribution is -0.138. The van der Waals surface area contributed by atoms with Crippen molar-refractivity contribution >= 4 is 23.1 Å². The van der Waals surface area contributed by atoms with E-state index in [1.165, 1.54) is 18.2 Å². The van der Waals surface area contributed by atoms with Gasteiger partial charge in [0.05, 0.1) is 0 Å². The van der Waals surface area contributed by atoms with Gasteiger partial charge < -0.3 is 10.6 Å². The monoisotopic (exact) mass is 276 g/mol. The number of halogens is 3. The Morgan fingerprint density at radius 1 is 1.39 bits per heavy atom. The summed E-state index contributed by atoms with van der Waals surface area (Å²) in [7, 11) is 1.09. The van der Waals surface area contributed by atoms with Crippen molar-refractivity contribution < 1.29 is 18.0 Å². The Hall–Kier alpha value is -1.63. The zero-order valence-corrected chi connectivity index (χ0v) is 10.3. The third-order valence-corrected chi connectivity index (χ3v) is 2.39. The normalized spacial score (nSPS) is 11.1. The van der Waals surface area contributed by atoms with Gasteiger partial charge in [0.15, 0.2) is 0 Å². The fraction of sp³-hybridized carbons (Fsp3) is 0.273. The quantitative estimate of drug-likeness (QED) is 0.858. The number of carbonyl (C=O) groups is 1. The van der Waals surface area contributed by atoms with Crippen LogP contribution in [0.15, 0.2) is 24.3 Å². The first-order chi connectivity index (χ1) is 8.20. The molecule has 7 heteroatoms. The Morgan fingerprint density at radius 2 is 1.94 bits per heavy atom. The molecule has 0 radical (unpaired) electrons. The van der Waals surface area contributed by atoms with Crippen LogP contribution in [-0.2, 0) is 0 Å². The van der Waals surface area contributed by atoms with E-state index in [1.807, 2.05) is 0 Å². The lowest BCUT2D eigenvalue weighted by atomic mass is 10.1. The van der Waals surface area contributed by atoms with Crippen molar-refractivity contribution in [1.29, 1.82) is 0 Å². The van der Waals surface area contributed by atoms with Gasteiger partial charge in [-0.15, -0.1) is 0 Å². The van der Waals surface area contributed by atoms with Gasteiger partial charge in [0.2, 0.25) is 0 Å². The summed E-state index contributed by atoms with van der Waals surface area (Å²) in [6.07, 6.45) is -4.43. The van der Waals surface area contributed by atoms with Gasteiger partial charge in [-0.25, -0.2) is 0 Å². The molecule has 0 aliphatic rings. The molecule has 18 heavy (non-hydrogen) atoms. The van der Waals surface area contributed by atoms with Crippen LogP contribution in [0, 0.1) is 0 Å². The summed E-state index contributed by atoms with van der Waals surface area (Å²) in [6.45, 7) is -1.30. The average molecular weight is 276 g/mol. The molecular formula is C11H11F3N2OS. The topological polar surface area (TPSA) is 46.3 Å². The van der Waals surface area contributed by atoms with Crippen LogP contribution >= 0.6 is 12.2 Å². The maximum Gasteiger partial charge on any atom is 0.406 e. The minimum atomic E-state index is -4.43. The van der Waals surface area contributed by atoms with E-state index in [4.69, 9.17) is 18.0 Å². The summed E-state index contributed by atoms with van der Waals surface area (Å²) in [5.74, 6) is -0.731. The van der Waals surface area contributed by atoms with E-state index < -0.39 is 18.6 Å². The predicted molar refractivity (Wildman–Crippen MR) is 65.3 cm³/mol. The Kier molecular flexibility index (Phi) is 4.28. The molecule has 0 fully saturated rings.